The van der Waals surface area contributed by atoms with E-state index in [1.165, 1.54) is 30.0 Å². The zero-order valence-electron chi connectivity index (χ0n) is 20.4. The number of rotatable bonds is 5. The Hall–Kier alpha value is -4.05. The first kappa shape index (κ1) is 24.6. The number of nitrogens with one attached hydrogen (secondary N) is 1. The van der Waals surface area contributed by atoms with Crippen LogP contribution in [-0.4, -0.2) is 47.5 Å². The number of aromatic nitrogens is 2. The molecule has 3 heterocycles. The summed E-state index contributed by atoms with van der Waals surface area (Å²) in [5.41, 5.74) is 1.54. The highest BCUT2D eigenvalue weighted by atomic mass is 32.1. The summed E-state index contributed by atoms with van der Waals surface area (Å²) in [6, 6.07) is 12.1. The third-order valence-electron chi connectivity index (χ3n) is 6.76. The Balaban J connectivity index is 1.44. The summed E-state index contributed by atoms with van der Waals surface area (Å²) >= 11 is 1.28. The summed E-state index contributed by atoms with van der Waals surface area (Å²) in [7, 11) is 2.72. The third kappa shape index (κ3) is 4.72. The van der Waals surface area contributed by atoms with E-state index in [2.05, 4.69) is 10.3 Å². The second-order valence-electron chi connectivity index (χ2n) is 8.97. The Morgan fingerprint density at radius 1 is 1.03 bits per heavy atom. The topological polar surface area (TPSA) is 116 Å². The molecule has 1 aliphatic rings. The molecule has 1 amide bonds. The van der Waals surface area contributed by atoms with Gasteiger partial charge in [0.15, 0.2) is 5.65 Å². The van der Waals surface area contributed by atoms with E-state index >= 15 is 0 Å². The van der Waals surface area contributed by atoms with Crippen molar-refractivity contribution in [3.63, 3.8) is 0 Å². The first-order valence-corrected chi connectivity index (χ1v) is 12.7. The zero-order valence-corrected chi connectivity index (χ0v) is 21.2. The van der Waals surface area contributed by atoms with E-state index in [9.17, 15) is 19.2 Å². The maximum Gasteiger partial charge on any atom is 0.348 e. The first-order chi connectivity index (χ1) is 17.9. The Kier molecular flexibility index (Phi) is 6.75. The van der Waals surface area contributed by atoms with Crippen LogP contribution >= 0.6 is 11.3 Å². The Bertz CT molecular complexity index is 1580. The van der Waals surface area contributed by atoms with Crippen molar-refractivity contribution in [3.8, 4) is 10.4 Å². The number of carbonyl (C=O) groups is 3. The largest absolute Gasteiger partial charge is 0.469 e. The van der Waals surface area contributed by atoms with Gasteiger partial charge in [0.1, 0.15) is 4.88 Å². The molecule has 9 nitrogen and oxygen atoms in total. The molecule has 1 N–H and O–H groups in total. The fourth-order valence-electron chi connectivity index (χ4n) is 4.76. The lowest BCUT2D eigenvalue weighted by molar-refractivity contribution is -0.146. The number of nitrogens with zero attached hydrogens (tertiary/aromatic N) is 2. The molecular weight excluding hydrogens is 494 g/mol. The molecule has 3 aromatic heterocycles. The summed E-state index contributed by atoms with van der Waals surface area (Å²) in [6.45, 7) is 0. The number of hydrogen-bond donors (Lipinski definition) is 1. The summed E-state index contributed by atoms with van der Waals surface area (Å²) < 4.78 is 11.0. The van der Waals surface area contributed by atoms with Crippen LogP contribution < -0.4 is 10.9 Å². The van der Waals surface area contributed by atoms with Crippen LogP contribution in [0.25, 0.3) is 27.0 Å². The van der Waals surface area contributed by atoms with Crippen LogP contribution in [0.4, 0.5) is 0 Å². The van der Waals surface area contributed by atoms with Crippen molar-refractivity contribution in [2.45, 2.75) is 31.7 Å². The first-order valence-electron chi connectivity index (χ1n) is 11.9. The van der Waals surface area contributed by atoms with E-state index in [0.717, 1.165) is 10.4 Å². The van der Waals surface area contributed by atoms with Crippen LogP contribution in [0.2, 0.25) is 0 Å². The molecule has 0 saturated heterocycles. The zero-order chi connectivity index (χ0) is 26.1. The van der Waals surface area contributed by atoms with E-state index in [1.807, 2.05) is 12.1 Å². The smallest absolute Gasteiger partial charge is 0.348 e. The molecule has 190 valence electrons. The summed E-state index contributed by atoms with van der Waals surface area (Å²) in [5, 5.41) is 3.44. The quantitative estimate of drug-likeness (QED) is 0.315. The Morgan fingerprint density at radius 2 is 1.81 bits per heavy atom. The lowest BCUT2D eigenvalue weighted by atomic mass is 9.86. The van der Waals surface area contributed by atoms with E-state index in [-0.39, 0.29) is 35.0 Å². The van der Waals surface area contributed by atoms with Gasteiger partial charge >= 0.3 is 11.9 Å². The molecule has 4 aromatic rings. The van der Waals surface area contributed by atoms with Crippen molar-refractivity contribution in [1.29, 1.82) is 0 Å². The summed E-state index contributed by atoms with van der Waals surface area (Å²) in [4.78, 5) is 56.1. The third-order valence-corrected chi connectivity index (χ3v) is 7.87. The highest BCUT2D eigenvalue weighted by Crippen LogP contribution is 2.30. The number of fused-ring (bicyclic) bond motifs is 2. The van der Waals surface area contributed by atoms with Crippen molar-refractivity contribution in [3.05, 3.63) is 69.5 Å². The van der Waals surface area contributed by atoms with Crippen LogP contribution in [0.3, 0.4) is 0 Å². The van der Waals surface area contributed by atoms with Crippen LogP contribution in [-0.2, 0) is 14.3 Å². The van der Waals surface area contributed by atoms with Crippen molar-refractivity contribution in [2.24, 2.45) is 5.92 Å². The van der Waals surface area contributed by atoms with Crippen LogP contribution in [0.1, 0.15) is 45.7 Å². The highest BCUT2D eigenvalue weighted by Gasteiger charge is 2.28. The van der Waals surface area contributed by atoms with Gasteiger partial charge < -0.3 is 14.8 Å². The second kappa shape index (κ2) is 10.1. The maximum atomic E-state index is 13.4. The SMILES string of the molecule is COC(=O)c1ccc(-c2ccc3nc4c(C(=O)NC5CCC(C(=O)OC)CC5)cccn4c(=O)c3c2)s1. The van der Waals surface area contributed by atoms with E-state index in [4.69, 9.17) is 9.47 Å². The van der Waals surface area contributed by atoms with Crippen LogP contribution in [0.5, 0.6) is 0 Å². The predicted octanol–water partition coefficient (Wildman–Crippen LogP) is 3.82. The lowest BCUT2D eigenvalue weighted by Crippen LogP contribution is -2.39. The van der Waals surface area contributed by atoms with Gasteiger partial charge in [0.2, 0.25) is 0 Å². The van der Waals surface area contributed by atoms with Crippen molar-refractivity contribution >= 4 is 45.7 Å². The standard InChI is InChI=1S/C27H25N3O6S/c1-35-26(33)15-5-8-17(9-6-15)28-24(31)18-4-3-13-30-23(18)29-20-10-7-16(14-19(20)25(30)32)21-11-12-22(37-21)27(34)36-2/h3-4,7,10-15,17H,5-6,8-9H2,1-2H3,(H,28,31). The number of methoxy groups -OCH3 is 2. The molecule has 0 spiro atoms. The number of pyridine rings is 1. The number of hydrogen-bond acceptors (Lipinski definition) is 8. The molecule has 0 bridgehead atoms. The van der Waals surface area contributed by atoms with Crippen LogP contribution in [0, 0.1) is 5.92 Å². The number of benzene rings is 1. The molecule has 0 radical (unpaired) electrons. The summed E-state index contributed by atoms with van der Waals surface area (Å²) in [6.07, 6.45) is 4.26. The molecule has 0 atom stereocenters. The number of carbonyl (C=O) groups excluding carboxylic acids is 3. The molecule has 37 heavy (non-hydrogen) atoms. The predicted molar refractivity (Wildman–Crippen MR) is 139 cm³/mol. The number of ether oxygens (including phenoxy) is 2. The highest BCUT2D eigenvalue weighted by molar-refractivity contribution is 7.17. The fraction of sp³-hybridized carbons (Fsp3) is 0.296. The van der Waals surface area contributed by atoms with Crippen LogP contribution in [0.15, 0.2) is 53.5 Å². The molecule has 10 heteroatoms. The minimum atomic E-state index is -0.410. The van der Waals surface area contributed by atoms with E-state index < -0.39 is 5.97 Å². The van der Waals surface area contributed by atoms with Gasteiger partial charge in [-0.3, -0.25) is 18.8 Å². The van der Waals surface area contributed by atoms with Crippen molar-refractivity contribution < 1.29 is 23.9 Å². The monoisotopic (exact) mass is 519 g/mol. The Morgan fingerprint density at radius 3 is 2.54 bits per heavy atom. The minimum absolute atomic E-state index is 0.0657. The van der Waals surface area contributed by atoms with E-state index in [1.54, 1.807) is 36.5 Å². The molecule has 5 rings (SSSR count). The van der Waals surface area contributed by atoms with Gasteiger partial charge in [0, 0.05) is 17.1 Å². The molecule has 1 saturated carbocycles. The van der Waals surface area contributed by atoms with Gasteiger partial charge in [-0.05, 0) is 67.6 Å². The molecule has 1 aromatic carbocycles. The number of esters is 2. The van der Waals surface area contributed by atoms with Gasteiger partial charge in [-0.2, -0.15) is 0 Å². The maximum absolute atomic E-state index is 13.4. The number of thiophene rings is 1. The molecule has 1 aliphatic carbocycles. The normalized spacial score (nSPS) is 17.5. The van der Waals surface area contributed by atoms with Crippen molar-refractivity contribution in [2.75, 3.05) is 14.2 Å². The molecule has 1 fully saturated rings. The average molecular weight is 520 g/mol. The second-order valence-corrected chi connectivity index (χ2v) is 10.0. The molecule has 0 unspecified atom stereocenters. The Labute approximate surface area is 216 Å². The van der Waals surface area contributed by atoms with Crippen molar-refractivity contribution in [1.82, 2.24) is 14.7 Å². The average Bonchev–Trinajstić information content (AvgIpc) is 3.43. The summed E-state index contributed by atoms with van der Waals surface area (Å²) in [5.74, 6) is -1.06. The van der Waals surface area contributed by atoms with Gasteiger partial charge in [-0.15, -0.1) is 11.3 Å². The number of amides is 1. The fourth-order valence-corrected chi connectivity index (χ4v) is 5.68. The van der Waals surface area contributed by atoms with E-state index in [0.29, 0.717) is 47.0 Å². The van der Waals surface area contributed by atoms with Gasteiger partial charge in [-0.25, -0.2) is 9.78 Å². The van der Waals surface area contributed by atoms with Gasteiger partial charge in [0.05, 0.1) is 36.6 Å². The molecule has 0 aliphatic heterocycles. The minimum Gasteiger partial charge on any atom is -0.469 e. The van der Waals surface area contributed by atoms with Gasteiger partial charge in [0.25, 0.3) is 11.5 Å². The van der Waals surface area contributed by atoms with Gasteiger partial charge in [-0.1, -0.05) is 6.07 Å². The molecular formula is C27H25N3O6S. The lowest BCUT2D eigenvalue weighted by Gasteiger charge is -2.27.